The van der Waals surface area contributed by atoms with Crippen LogP contribution < -0.4 is 15.4 Å². The van der Waals surface area contributed by atoms with Gasteiger partial charge in [0, 0.05) is 23.4 Å². The average molecular weight is 804 g/mol. The molecule has 17 heteroatoms. The Morgan fingerprint density at radius 2 is 1.75 bits per heavy atom. The quantitative estimate of drug-likeness (QED) is 0.377. The first-order valence-electron chi connectivity index (χ1n) is 18.8. The molecule has 4 heterocycles. The molecule has 0 radical (unpaired) electrons. The highest BCUT2D eigenvalue weighted by molar-refractivity contribution is 7.92. The third kappa shape index (κ3) is 9.08. The summed E-state index contributed by atoms with van der Waals surface area (Å²) in [5, 5.41) is 5.53. The Kier molecular flexibility index (Phi) is 11.5. The van der Waals surface area contributed by atoms with Gasteiger partial charge in [-0.1, -0.05) is 44.2 Å². The highest BCUT2D eigenvalue weighted by atomic mass is 32.2. The van der Waals surface area contributed by atoms with Gasteiger partial charge in [-0.3, -0.25) is 19.3 Å². The lowest BCUT2D eigenvalue weighted by atomic mass is 10.0. The molecule has 300 valence electrons. The smallest absolute Gasteiger partial charge is 0.410 e. The van der Waals surface area contributed by atoms with Gasteiger partial charge in [-0.05, 0) is 83.1 Å². The largest absolute Gasteiger partial charge is 0.444 e. The second-order valence-electron chi connectivity index (χ2n) is 16.1. The summed E-state index contributed by atoms with van der Waals surface area (Å²) in [6, 6.07) is 3.79. The van der Waals surface area contributed by atoms with E-state index in [0.29, 0.717) is 24.0 Å². The molecule has 55 heavy (non-hydrogen) atoms. The number of benzene rings is 1. The first-order chi connectivity index (χ1) is 25.9. The van der Waals surface area contributed by atoms with Gasteiger partial charge in [-0.2, -0.15) is 0 Å². The van der Waals surface area contributed by atoms with Gasteiger partial charge >= 0.3 is 12.2 Å². The highest BCUT2D eigenvalue weighted by Crippen LogP contribution is 2.48. The second kappa shape index (κ2) is 15.7. The Balaban J connectivity index is 1.26. The van der Waals surface area contributed by atoms with E-state index in [4.69, 9.17) is 9.47 Å². The standard InChI is InChI=1S/C38H50FN5O9S2/c1-22-16-31(54-23(22)2)55(50,51)42-34(47)38-18-25(38)13-9-7-6-8-10-15-29(40-35(48)53-37(3,4)5)33(46)44-20-26(17-30(44)32(45)41-38)52-36(49)43-19-24-12-11-14-28(39)27(24)21-43/h11-12,14,16,25-26,29-30H,6-10,13,15,17-21H2,1-5H3,(H,40,48)(H,41,45)(H,42,47)/t25-,26-,29+,30+,38-/m1/s1. The van der Waals surface area contributed by atoms with Crippen molar-refractivity contribution in [3.63, 3.8) is 0 Å². The summed E-state index contributed by atoms with van der Waals surface area (Å²) < 4.78 is 54.7. The van der Waals surface area contributed by atoms with Crippen LogP contribution >= 0.6 is 11.3 Å². The van der Waals surface area contributed by atoms with Crippen molar-refractivity contribution in [3.8, 4) is 0 Å². The number of carbonyl (C=O) groups is 5. The van der Waals surface area contributed by atoms with Gasteiger partial charge in [0.25, 0.3) is 15.9 Å². The summed E-state index contributed by atoms with van der Waals surface area (Å²) in [4.78, 5) is 72.4. The fraction of sp³-hybridized carbons (Fsp3) is 0.605. The van der Waals surface area contributed by atoms with E-state index in [2.05, 4.69) is 15.4 Å². The predicted molar refractivity (Wildman–Crippen MR) is 200 cm³/mol. The minimum absolute atomic E-state index is 0.00542. The molecule has 4 aliphatic rings. The van der Waals surface area contributed by atoms with Crippen molar-refractivity contribution in [3.05, 3.63) is 51.7 Å². The number of sulfonamides is 1. The normalized spacial score (nSPS) is 26.1. The van der Waals surface area contributed by atoms with Crippen LogP contribution in [0.5, 0.6) is 0 Å². The molecule has 14 nitrogen and oxygen atoms in total. The monoisotopic (exact) mass is 803 g/mol. The molecule has 1 aromatic carbocycles. The van der Waals surface area contributed by atoms with Crippen LogP contribution in [0, 0.1) is 25.6 Å². The molecule has 1 aliphatic carbocycles. The number of nitrogens with zero attached hydrogens (tertiary/aromatic N) is 2. The van der Waals surface area contributed by atoms with E-state index in [9.17, 15) is 36.8 Å². The van der Waals surface area contributed by atoms with Crippen molar-refractivity contribution in [2.24, 2.45) is 5.92 Å². The summed E-state index contributed by atoms with van der Waals surface area (Å²) in [5.41, 5.74) is -0.585. The zero-order valence-electron chi connectivity index (χ0n) is 31.9. The van der Waals surface area contributed by atoms with Gasteiger partial charge in [0.15, 0.2) is 0 Å². The summed E-state index contributed by atoms with van der Waals surface area (Å²) in [5.74, 6) is -2.95. The SMILES string of the molecule is Cc1cc(S(=O)(=O)NC(=O)[C@@]23C[C@H]2CCCCCCC[C@H](NC(=O)OC(C)(C)C)C(=O)N2C[C@H](OC(=O)N4Cc5cccc(F)c5C4)C[C@H]2C(=O)N3)sc1C. The maximum atomic E-state index is 14.5. The molecule has 2 aromatic rings. The number of alkyl carbamates (subject to hydrolysis) is 1. The molecule has 3 aliphatic heterocycles. The zero-order valence-corrected chi connectivity index (χ0v) is 33.5. The van der Waals surface area contributed by atoms with Gasteiger partial charge in [0.2, 0.25) is 11.8 Å². The van der Waals surface area contributed by atoms with Crippen LogP contribution in [-0.2, 0) is 47.0 Å². The topological polar surface area (TPSA) is 181 Å². The molecule has 0 spiro atoms. The van der Waals surface area contributed by atoms with Gasteiger partial charge in [-0.15, -0.1) is 11.3 Å². The van der Waals surface area contributed by atoms with Crippen LogP contribution in [0.1, 0.15) is 100 Å². The molecule has 6 rings (SSSR count). The van der Waals surface area contributed by atoms with Crippen LogP contribution in [-0.4, -0.2) is 84.0 Å². The first kappa shape index (κ1) is 40.4. The van der Waals surface area contributed by atoms with Crippen molar-refractivity contribution in [1.82, 2.24) is 25.2 Å². The van der Waals surface area contributed by atoms with E-state index in [0.717, 1.165) is 47.5 Å². The number of hydrogen-bond donors (Lipinski definition) is 3. The van der Waals surface area contributed by atoms with E-state index >= 15 is 0 Å². The number of rotatable bonds is 5. The zero-order chi connectivity index (χ0) is 39.9. The summed E-state index contributed by atoms with van der Waals surface area (Å²) >= 11 is 1.04. The number of fused-ring (bicyclic) bond motifs is 3. The molecule has 0 bridgehead atoms. The molecule has 5 amide bonds. The molecule has 0 unspecified atom stereocenters. The third-order valence-corrected chi connectivity index (χ3v) is 13.8. The second-order valence-corrected chi connectivity index (χ2v) is 19.3. The number of hydrogen-bond acceptors (Lipinski definition) is 10. The Morgan fingerprint density at radius 3 is 2.42 bits per heavy atom. The van der Waals surface area contributed by atoms with Crippen molar-refractivity contribution in [1.29, 1.82) is 0 Å². The number of ether oxygens (including phenoxy) is 2. The molecule has 3 fully saturated rings. The number of aryl methyl sites for hydroxylation is 2. The van der Waals surface area contributed by atoms with Crippen LogP contribution in [0.4, 0.5) is 14.0 Å². The fourth-order valence-corrected chi connectivity index (χ4v) is 10.2. The van der Waals surface area contributed by atoms with E-state index in [-0.39, 0.29) is 49.0 Å². The lowest BCUT2D eigenvalue weighted by Gasteiger charge is -2.30. The van der Waals surface area contributed by atoms with Crippen LogP contribution in [0.15, 0.2) is 28.5 Å². The van der Waals surface area contributed by atoms with Gasteiger partial charge in [-0.25, -0.2) is 27.1 Å². The number of carbonyl (C=O) groups excluding carboxylic acids is 5. The van der Waals surface area contributed by atoms with E-state index in [1.165, 1.54) is 21.9 Å². The Labute approximate surface area is 324 Å². The van der Waals surface area contributed by atoms with Crippen LogP contribution in [0.3, 0.4) is 0 Å². The molecular formula is C38H50FN5O9S2. The highest BCUT2D eigenvalue weighted by Gasteiger charge is 2.62. The van der Waals surface area contributed by atoms with Gasteiger partial charge in [0.1, 0.15) is 39.4 Å². The maximum absolute atomic E-state index is 14.5. The summed E-state index contributed by atoms with van der Waals surface area (Å²) in [6.45, 7) is 8.58. The fourth-order valence-electron chi connectivity index (χ4n) is 7.68. The average Bonchev–Trinajstić information content (AvgIpc) is 3.39. The van der Waals surface area contributed by atoms with Crippen molar-refractivity contribution >= 4 is 51.3 Å². The minimum atomic E-state index is -4.25. The van der Waals surface area contributed by atoms with E-state index in [1.807, 2.05) is 0 Å². The first-order valence-corrected chi connectivity index (χ1v) is 21.1. The Morgan fingerprint density at radius 1 is 1.04 bits per heavy atom. The molecule has 1 aromatic heterocycles. The number of halogens is 1. The molecular weight excluding hydrogens is 754 g/mol. The number of nitrogens with one attached hydrogen (secondary N) is 3. The van der Waals surface area contributed by atoms with Crippen molar-refractivity contribution < 1.29 is 46.3 Å². The Hall–Kier alpha value is -4.25. The number of thiophene rings is 1. The van der Waals surface area contributed by atoms with E-state index < -0.39 is 75.1 Å². The lowest BCUT2D eigenvalue weighted by Crippen LogP contribution is -2.58. The maximum Gasteiger partial charge on any atom is 0.410 e. The van der Waals surface area contributed by atoms with Crippen LogP contribution in [0.2, 0.25) is 0 Å². The van der Waals surface area contributed by atoms with Gasteiger partial charge in [0.05, 0.1) is 13.1 Å². The summed E-state index contributed by atoms with van der Waals surface area (Å²) in [7, 11) is -4.25. The molecule has 2 saturated heterocycles. The lowest BCUT2D eigenvalue weighted by molar-refractivity contribution is -0.141. The predicted octanol–water partition coefficient (Wildman–Crippen LogP) is 4.94. The number of amides is 5. The molecule has 3 N–H and O–H groups in total. The molecule has 5 atom stereocenters. The van der Waals surface area contributed by atoms with Gasteiger partial charge < -0.3 is 25.0 Å². The van der Waals surface area contributed by atoms with Crippen molar-refractivity contribution in [2.45, 2.75) is 139 Å². The Bertz CT molecular complexity index is 1940. The minimum Gasteiger partial charge on any atom is -0.444 e. The summed E-state index contributed by atoms with van der Waals surface area (Å²) in [6.07, 6.45) is 2.12. The van der Waals surface area contributed by atoms with E-state index in [1.54, 1.807) is 46.8 Å². The molecule has 1 saturated carbocycles. The van der Waals surface area contributed by atoms with Crippen molar-refractivity contribution in [2.75, 3.05) is 6.54 Å². The third-order valence-electron chi connectivity index (χ3n) is 10.8. The van der Waals surface area contributed by atoms with Crippen LogP contribution in [0.25, 0.3) is 0 Å².